The molecule has 1 heterocycles. The van der Waals surface area contributed by atoms with Crippen molar-refractivity contribution in [1.82, 2.24) is 10.2 Å². The van der Waals surface area contributed by atoms with Gasteiger partial charge >= 0.3 is 6.18 Å². The van der Waals surface area contributed by atoms with Crippen LogP contribution in [0.1, 0.15) is 51.3 Å². The fourth-order valence-electron chi connectivity index (χ4n) is 5.36. The summed E-state index contributed by atoms with van der Waals surface area (Å²) in [5, 5.41) is 4.46. The Hall–Kier alpha value is -3.27. The van der Waals surface area contributed by atoms with Crippen molar-refractivity contribution in [2.75, 3.05) is 7.05 Å². The largest absolute Gasteiger partial charge is 0.454 e. The van der Waals surface area contributed by atoms with Crippen LogP contribution in [0.3, 0.4) is 0 Å². The molecular formula is C31H27ClF4N2O2S. The Bertz CT molecular complexity index is 1580. The molecule has 3 aromatic carbocycles. The number of nitrogens with one attached hydrogen (secondary N) is 1. The van der Waals surface area contributed by atoms with Gasteiger partial charge in [-0.25, -0.2) is 4.39 Å². The zero-order valence-electron chi connectivity index (χ0n) is 22.1. The average Bonchev–Trinajstić information content (AvgIpc) is 3.32. The summed E-state index contributed by atoms with van der Waals surface area (Å²) in [6.07, 6.45) is -1.73. The summed E-state index contributed by atoms with van der Waals surface area (Å²) in [6, 6.07) is 17.1. The molecule has 1 amide bonds. The predicted octanol–water partition coefficient (Wildman–Crippen LogP) is 8.28. The van der Waals surface area contributed by atoms with E-state index < -0.39 is 23.3 Å². The maximum absolute atomic E-state index is 15.2. The van der Waals surface area contributed by atoms with E-state index in [4.69, 9.17) is 11.6 Å². The standard InChI is InChI=1S/C31H27ClF4N2O2S/c1-37-22-11-13-23(14-12-22)38(30(40)28-27(32)24-4-2-3-5-26(24)41-28)17-21-16-20(10-15-25(21)33)18-6-8-19(9-7-18)29(39)31(34,35)36/h2-10,15-16,22-23,37H,11-14,17H2,1H3. The van der Waals surface area contributed by atoms with Crippen molar-refractivity contribution in [3.63, 3.8) is 0 Å². The van der Waals surface area contributed by atoms with E-state index in [0.717, 1.165) is 47.9 Å². The van der Waals surface area contributed by atoms with Gasteiger partial charge in [0, 0.05) is 39.8 Å². The van der Waals surface area contributed by atoms with Crippen LogP contribution in [0.2, 0.25) is 5.02 Å². The van der Waals surface area contributed by atoms with E-state index >= 15 is 4.39 Å². The summed E-state index contributed by atoms with van der Waals surface area (Å²) < 4.78 is 54.5. The monoisotopic (exact) mass is 602 g/mol. The van der Waals surface area contributed by atoms with E-state index in [2.05, 4.69) is 5.32 Å². The maximum Gasteiger partial charge on any atom is 0.454 e. The summed E-state index contributed by atoms with van der Waals surface area (Å²) in [4.78, 5) is 27.7. The number of Topliss-reactive ketones (excluding diaryl/α,β-unsaturated/α-hetero) is 1. The number of benzene rings is 3. The molecule has 4 aromatic rings. The van der Waals surface area contributed by atoms with Gasteiger partial charge in [0.15, 0.2) is 0 Å². The lowest BCUT2D eigenvalue weighted by atomic mass is 9.89. The summed E-state index contributed by atoms with van der Waals surface area (Å²) in [5.74, 6) is -2.68. The number of hydrogen-bond acceptors (Lipinski definition) is 4. The lowest BCUT2D eigenvalue weighted by Crippen LogP contribution is -2.44. The lowest BCUT2D eigenvalue weighted by molar-refractivity contribution is -0.0885. The summed E-state index contributed by atoms with van der Waals surface area (Å²) in [7, 11) is 1.91. The van der Waals surface area contributed by atoms with Crippen LogP contribution in [0.5, 0.6) is 0 Å². The summed E-state index contributed by atoms with van der Waals surface area (Å²) in [6.45, 7) is 0.00259. The van der Waals surface area contributed by atoms with Gasteiger partial charge < -0.3 is 10.2 Å². The molecule has 1 aromatic heterocycles. The van der Waals surface area contributed by atoms with Crippen LogP contribution in [0.25, 0.3) is 21.2 Å². The highest BCUT2D eigenvalue weighted by atomic mass is 35.5. The Balaban J connectivity index is 1.47. The smallest absolute Gasteiger partial charge is 0.330 e. The second-order valence-corrected chi connectivity index (χ2v) is 11.6. The van der Waals surface area contributed by atoms with Gasteiger partial charge in [-0.15, -0.1) is 11.3 Å². The lowest BCUT2D eigenvalue weighted by Gasteiger charge is -2.37. The molecule has 1 aliphatic rings. The minimum Gasteiger partial charge on any atom is -0.330 e. The Morgan fingerprint density at radius 3 is 2.27 bits per heavy atom. The van der Waals surface area contributed by atoms with Crippen LogP contribution in [0.4, 0.5) is 17.6 Å². The molecule has 0 spiro atoms. The number of ketones is 1. The highest BCUT2D eigenvalue weighted by Gasteiger charge is 2.39. The van der Waals surface area contributed by atoms with E-state index in [0.29, 0.717) is 27.1 Å². The van der Waals surface area contributed by atoms with E-state index in [1.807, 2.05) is 31.3 Å². The van der Waals surface area contributed by atoms with Crippen molar-refractivity contribution < 1.29 is 27.2 Å². The quantitative estimate of drug-likeness (QED) is 0.171. The molecule has 1 aliphatic carbocycles. The fourth-order valence-corrected chi connectivity index (χ4v) is 6.83. The highest BCUT2D eigenvalue weighted by Crippen LogP contribution is 2.38. The molecule has 0 aliphatic heterocycles. The first-order chi connectivity index (χ1) is 19.6. The number of carbonyl (C=O) groups excluding carboxylic acids is 2. The third-order valence-corrected chi connectivity index (χ3v) is 9.32. The molecule has 214 valence electrons. The molecular weight excluding hydrogens is 576 g/mol. The van der Waals surface area contributed by atoms with E-state index in [1.165, 1.54) is 35.6 Å². The Morgan fingerprint density at radius 1 is 0.976 bits per heavy atom. The number of thiophene rings is 1. The third-order valence-electron chi connectivity index (χ3n) is 7.66. The van der Waals surface area contributed by atoms with Crippen molar-refractivity contribution >= 4 is 44.7 Å². The summed E-state index contributed by atoms with van der Waals surface area (Å²) >= 11 is 7.98. The first kappa shape index (κ1) is 29.2. The zero-order chi connectivity index (χ0) is 29.3. The van der Waals surface area contributed by atoms with Gasteiger partial charge in [-0.3, -0.25) is 9.59 Å². The molecule has 0 unspecified atom stereocenters. The third kappa shape index (κ3) is 6.17. The summed E-state index contributed by atoms with van der Waals surface area (Å²) in [5.41, 5.74) is 0.875. The van der Waals surface area contributed by atoms with Crippen LogP contribution >= 0.6 is 22.9 Å². The maximum atomic E-state index is 15.2. The molecule has 4 nitrogen and oxygen atoms in total. The average molecular weight is 603 g/mol. The van der Waals surface area contributed by atoms with Gasteiger partial charge in [-0.1, -0.05) is 60.1 Å². The van der Waals surface area contributed by atoms with Crippen molar-refractivity contribution in [2.45, 2.75) is 50.5 Å². The molecule has 0 saturated heterocycles. The van der Waals surface area contributed by atoms with E-state index in [9.17, 15) is 22.8 Å². The first-order valence-corrected chi connectivity index (χ1v) is 14.4. The topological polar surface area (TPSA) is 49.4 Å². The van der Waals surface area contributed by atoms with Crippen molar-refractivity contribution in [3.8, 4) is 11.1 Å². The second-order valence-electron chi connectivity index (χ2n) is 10.2. The number of hydrogen-bond donors (Lipinski definition) is 1. The van der Waals surface area contributed by atoms with Gasteiger partial charge in [-0.05, 0) is 62.1 Å². The molecule has 1 N–H and O–H groups in total. The van der Waals surface area contributed by atoms with Crippen LogP contribution in [0.15, 0.2) is 66.7 Å². The number of nitrogens with zero attached hydrogens (tertiary/aromatic N) is 1. The first-order valence-electron chi connectivity index (χ1n) is 13.2. The van der Waals surface area contributed by atoms with Gasteiger partial charge in [0.05, 0.1) is 5.02 Å². The number of halogens is 5. The Morgan fingerprint density at radius 2 is 1.63 bits per heavy atom. The van der Waals surface area contributed by atoms with Crippen LogP contribution in [-0.4, -0.2) is 41.9 Å². The number of carbonyl (C=O) groups is 2. The molecule has 0 radical (unpaired) electrons. The Labute approximate surface area is 243 Å². The van der Waals surface area contributed by atoms with E-state index in [-0.39, 0.29) is 24.1 Å². The predicted molar refractivity (Wildman–Crippen MR) is 154 cm³/mol. The van der Waals surface area contributed by atoms with Gasteiger partial charge in [-0.2, -0.15) is 13.2 Å². The van der Waals surface area contributed by atoms with Gasteiger partial charge in [0.2, 0.25) is 0 Å². The van der Waals surface area contributed by atoms with Crippen molar-refractivity contribution in [2.24, 2.45) is 0 Å². The molecule has 0 atom stereocenters. The van der Waals surface area contributed by atoms with Crippen molar-refractivity contribution in [1.29, 1.82) is 0 Å². The van der Waals surface area contributed by atoms with Gasteiger partial charge in [0.25, 0.3) is 11.7 Å². The number of alkyl halides is 3. The molecule has 1 saturated carbocycles. The van der Waals surface area contributed by atoms with Crippen LogP contribution in [-0.2, 0) is 6.54 Å². The second kappa shape index (κ2) is 11.9. The SMILES string of the molecule is CNC1CCC(N(Cc2cc(-c3ccc(C(=O)C(F)(F)F)cc3)ccc2F)C(=O)c2sc3ccccc3c2Cl)CC1. The Kier molecular flexibility index (Phi) is 8.50. The molecule has 10 heteroatoms. The van der Waals surface area contributed by atoms with E-state index in [1.54, 1.807) is 11.0 Å². The fraction of sp³-hybridized carbons (Fsp3) is 0.290. The van der Waals surface area contributed by atoms with Gasteiger partial charge in [0.1, 0.15) is 10.7 Å². The number of rotatable bonds is 7. The minimum absolute atomic E-state index is 0.00259. The zero-order valence-corrected chi connectivity index (χ0v) is 23.7. The molecule has 41 heavy (non-hydrogen) atoms. The molecule has 1 fully saturated rings. The number of amides is 1. The minimum atomic E-state index is -4.97. The van der Waals surface area contributed by atoms with Crippen molar-refractivity contribution in [3.05, 3.63) is 93.6 Å². The highest BCUT2D eigenvalue weighted by molar-refractivity contribution is 7.21. The normalized spacial score (nSPS) is 17.5. The molecule has 5 rings (SSSR count). The van der Waals surface area contributed by atoms with Crippen LogP contribution < -0.4 is 5.32 Å². The number of fused-ring (bicyclic) bond motifs is 1. The molecule has 0 bridgehead atoms. The van der Waals surface area contributed by atoms with Crippen LogP contribution in [0, 0.1) is 5.82 Å².